The van der Waals surface area contributed by atoms with Crippen LogP contribution in [-0.2, 0) is 13.0 Å². The van der Waals surface area contributed by atoms with Crippen LogP contribution < -0.4 is 0 Å². The van der Waals surface area contributed by atoms with Crippen molar-refractivity contribution in [2.45, 2.75) is 26.8 Å². The summed E-state index contributed by atoms with van der Waals surface area (Å²) in [4.78, 5) is 7.85. The fourth-order valence-electron chi connectivity index (χ4n) is 2.18. The number of rotatable bonds is 3. The minimum absolute atomic E-state index is 0.970. The smallest absolute Gasteiger partial charge is 0.154 e. The van der Waals surface area contributed by atoms with Gasteiger partial charge >= 0.3 is 0 Å². The van der Waals surface area contributed by atoms with E-state index in [0.717, 1.165) is 18.8 Å². The van der Waals surface area contributed by atoms with E-state index in [2.05, 4.69) is 45.9 Å². The van der Waals surface area contributed by atoms with E-state index in [1.54, 1.807) is 11.3 Å². The molecule has 0 amide bonds. The lowest BCUT2D eigenvalue weighted by Crippen LogP contribution is -1.97. The van der Waals surface area contributed by atoms with Crippen molar-refractivity contribution in [2.24, 2.45) is 0 Å². The Kier molecular flexibility index (Phi) is 2.52. The van der Waals surface area contributed by atoms with Crippen molar-refractivity contribution >= 4 is 21.6 Å². The van der Waals surface area contributed by atoms with E-state index in [-0.39, 0.29) is 0 Å². The standard InChI is InChI=1S/C13H15N3S/c1-3-9-8-14-13(15-9)11-7-12-10(5-6-17-12)16(11)4-2/h5-8H,3-4H2,1-2H3,(H,14,15). The first-order valence-corrected chi connectivity index (χ1v) is 6.82. The molecule has 0 fully saturated rings. The van der Waals surface area contributed by atoms with Crippen LogP contribution in [0.3, 0.4) is 0 Å². The molecule has 17 heavy (non-hydrogen) atoms. The van der Waals surface area contributed by atoms with E-state index in [1.807, 2.05) is 6.20 Å². The molecule has 3 aromatic rings. The number of aromatic amines is 1. The summed E-state index contributed by atoms with van der Waals surface area (Å²) in [6.45, 7) is 5.27. The summed E-state index contributed by atoms with van der Waals surface area (Å²) in [5, 5.41) is 2.14. The summed E-state index contributed by atoms with van der Waals surface area (Å²) in [5.41, 5.74) is 3.68. The Labute approximate surface area is 104 Å². The third-order valence-corrected chi connectivity index (χ3v) is 3.94. The van der Waals surface area contributed by atoms with Gasteiger partial charge in [0.2, 0.25) is 0 Å². The van der Waals surface area contributed by atoms with Crippen LogP contribution in [0, 0.1) is 0 Å². The van der Waals surface area contributed by atoms with Crippen LogP contribution in [0.25, 0.3) is 21.7 Å². The molecule has 0 saturated carbocycles. The van der Waals surface area contributed by atoms with Gasteiger partial charge in [0, 0.05) is 18.4 Å². The Morgan fingerprint density at radius 1 is 1.41 bits per heavy atom. The quantitative estimate of drug-likeness (QED) is 0.750. The number of hydrogen-bond donors (Lipinski definition) is 1. The van der Waals surface area contributed by atoms with Crippen molar-refractivity contribution in [3.63, 3.8) is 0 Å². The molecule has 0 saturated heterocycles. The van der Waals surface area contributed by atoms with Gasteiger partial charge in [0.1, 0.15) is 0 Å². The van der Waals surface area contributed by atoms with Crippen LogP contribution in [0.15, 0.2) is 23.7 Å². The second-order valence-corrected chi connectivity index (χ2v) is 5.00. The van der Waals surface area contributed by atoms with Crippen molar-refractivity contribution in [2.75, 3.05) is 0 Å². The predicted octanol–water partition coefficient (Wildman–Crippen LogP) is 3.68. The Balaban J connectivity index is 2.18. The number of nitrogens with zero attached hydrogens (tertiary/aromatic N) is 2. The largest absolute Gasteiger partial charge is 0.341 e. The number of fused-ring (bicyclic) bond motifs is 1. The van der Waals surface area contributed by atoms with E-state index < -0.39 is 0 Å². The molecule has 0 aromatic carbocycles. The van der Waals surface area contributed by atoms with Gasteiger partial charge in [-0.3, -0.25) is 0 Å². The molecule has 3 rings (SSSR count). The first-order valence-electron chi connectivity index (χ1n) is 5.94. The molecule has 3 aromatic heterocycles. The molecule has 0 aliphatic heterocycles. The maximum atomic E-state index is 4.47. The van der Waals surface area contributed by atoms with Crippen LogP contribution in [0.1, 0.15) is 19.5 Å². The second kappa shape index (κ2) is 4.04. The highest BCUT2D eigenvalue weighted by Gasteiger charge is 2.12. The summed E-state index contributed by atoms with van der Waals surface area (Å²) in [6.07, 6.45) is 2.92. The molecule has 0 aliphatic rings. The van der Waals surface area contributed by atoms with Gasteiger partial charge in [-0.2, -0.15) is 0 Å². The lowest BCUT2D eigenvalue weighted by atomic mass is 10.4. The molecule has 3 nitrogen and oxygen atoms in total. The number of imidazole rings is 1. The van der Waals surface area contributed by atoms with Gasteiger partial charge in [0.25, 0.3) is 0 Å². The third-order valence-electron chi connectivity index (χ3n) is 3.09. The van der Waals surface area contributed by atoms with Crippen molar-refractivity contribution in [1.29, 1.82) is 0 Å². The zero-order valence-electron chi connectivity index (χ0n) is 10.0. The lowest BCUT2D eigenvalue weighted by Gasteiger charge is -2.04. The highest BCUT2D eigenvalue weighted by Crippen LogP contribution is 2.30. The minimum Gasteiger partial charge on any atom is -0.341 e. The Bertz CT molecular complexity index is 645. The molecule has 0 radical (unpaired) electrons. The lowest BCUT2D eigenvalue weighted by molar-refractivity contribution is 0.800. The van der Waals surface area contributed by atoms with Gasteiger partial charge in [-0.15, -0.1) is 11.3 Å². The molecule has 1 N–H and O–H groups in total. The van der Waals surface area contributed by atoms with Gasteiger partial charge in [-0.05, 0) is 30.9 Å². The molecule has 0 atom stereocenters. The van der Waals surface area contributed by atoms with E-state index >= 15 is 0 Å². The maximum Gasteiger partial charge on any atom is 0.154 e. The monoisotopic (exact) mass is 245 g/mol. The fraction of sp³-hybridized carbons (Fsp3) is 0.308. The first-order chi connectivity index (χ1) is 8.33. The summed E-state index contributed by atoms with van der Waals surface area (Å²) in [7, 11) is 0. The maximum absolute atomic E-state index is 4.47. The molecule has 0 bridgehead atoms. The van der Waals surface area contributed by atoms with Gasteiger partial charge in [0.15, 0.2) is 5.82 Å². The minimum atomic E-state index is 0.970. The summed E-state index contributed by atoms with van der Waals surface area (Å²) in [6, 6.07) is 4.40. The van der Waals surface area contributed by atoms with Crippen LogP contribution >= 0.6 is 11.3 Å². The number of hydrogen-bond acceptors (Lipinski definition) is 2. The molecule has 3 heterocycles. The van der Waals surface area contributed by atoms with Crippen molar-refractivity contribution in [1.82, 2.24) is 14.5 Å². The van der Waals surface area contributed by atoms with Crippen molar-refractivity contribution in [3.8, 4) is 11.5 Å². The summed E-state index contributed by atoms with van der Waals surface area (Å²) in [5.74, 6) is 0.979. The number of aromatic nitrogens is 3. The molecule has 0 aliphatic carbocycles. The Morgan fingerprint density at radius 2 is 2.29 bits per heavy atom. The van der Waals surface area contributed by atoms with Crippen LogP contribution in [0.4, 0.5) is 0 Å². The highest BCUT2D eigenvalue weighted by molar-refractivity contribution is 7.17. The van der Waals surface area contributed by atoms with E-state index in [9.17, 15) is 0 Å². The molecular weight excluding hydrogens is 230 g/mol. The third kappa shape index (κ3) is 1.60. The average molecular weight is 245 g/mol. The van der Waals surface area contributed by atoms with Crippen molar-refractivity contribution < 1.29 is 0 Å². The molecule has 0 unspecified atom stereocenters. The number of aryl methyl sites for hydroxylation is 2. The zero-order chi connectivity index (χ0) is 11.8. The second-order valence-electron chi connectivity index (χ2n) is 4.05. The Morgan fingerprint density at radius 3 is 3.00 bits per heavy atom. The predicted molar refractivity (Wildman–Crippen MR) is 72.4 cm³/mol. The highest BCUT2D eigenvalue weighted by atomic mass is 32.1. The average Bonchev–Trinajstić information content (AvgIpc) is 3.02. The summed E-state index contributed by atoms with van der Waals surface area (Å²) >= 11 is 1.78. The normalized spacial score (nSPS) is 11.4. The topological polar surface area (TPSA) is 33.6 Å². The first kappa shape index (κ1) is 10.6. The Hall–Kier alpha value is -1.55. The number of nitrogens with one attached hydrogen (secondary N) is 1. The molecule has 4 heteroatoms. The summed E-state index contributed by atoms with van der Waals surface area (Å²) < 4.78 is 3.64. The SMILES string of the molecule is CCc1cnc(-c2cc3sccc3n2CC)[nH]1. The molecule has 0 spiro atoms. The van der Waals surface area contributed by atoms with Gasteiger partial charge in [-0.1, -0.05) is 6.92 Å². The fourth-order valence-corrected chi connectivity index (χ4v) is 3.01. The van der Waals surface area contributed by atoms with E-state index in [0.29, 0.717) is 0 Å². The number of thiophene rings is 1. The van der Waals surface area contributed by atoms with Crippen LogP contribution in [-0.4, -0.2) is 14.5 Å². The zero-order valence-corrected chi connectivity index (χ0v) is 10.8. The molecular formula is C13H15N3S. The van der Waals surface area contributed by atoms with E-state index in [4.69, 9.17) is 0 Å². The molecule has 88 valence electrons. The van der Waals surface area contributed by atoms with Gasteiger partial charge < -0.3 is 9.55 Å². The van der Waals surface area contributed by atoms with Crippen LogP contribution in [0.5, 0.6) is 0 Å². The number of H-pyrrole nitrogens is 1. The van der Waals surface area contributed by atoms with Crippen LogP contribution in [0.2, 0.25) is 0 Å². The van der Waals surface area contributed by atoms with Gasteiger partial charge in [0.05, 0.1) is 15.9 Å². The van der Waals surface area contributed by atoms with Crippen molar-refractivity contribution in [3.05, 3.63) is 29.4 Å². The van der Waals surface area contributed by atoms with E-state index in [1.165, 1.54) is 21.6 Å². The van der Waals surface area contributed by atoms with Gasteiger partial charge in [-0.25, -0.2) is 4.98 Å².